The molecule has 0 aliphatic rings. The SMILES string of the molecule is O=C(O)CCCCCNC(=O)Nc1c(Cl)cc(Cl)cc1Cl. The molecular weight excluding hydrogens is 339 g/mol. The number of carbonyl (C=O) groups excluding carboxylic acids is 1. The lowest BCUT2D eigenvalue weighted by atomic mass is 10.2. The van der Waals surface area contributed by atoms with Crippen molar-refractivity contribution in [3.8, 4) is 0 Å². The first-order chi connectivity index (χ1) is 9.90. The van der Waals surface area contributed by atoms with Crippen molar-refractivity contribution < 1.29 is 14.7 Å². The third kappa shape index (κ3) is 6.89. The molecule has 8 heteroatoms. The van der Waals surface area contributed by atoms with E-state index in [0.717, 1.165) is 6.42 Å². The van der Waals surface area contributed by atoms with E-state index in [9.17, 15) is 9.59 Å². The van der Waals surface area contributed by atoms with E-state index in [0.29, 0.717) is 30.1 Å². The first kappa shape index (κ1) is 17.9. The molecule has 2 amide bonds. The van der Waals surface area contributed by atoms with E-state index in [-0.39, 0.29) is 16.5 Å². The fourth-order valence-electron chi connectivity index (χ4n) is 1.60. The number of carboxylic acid groups (broad SMARTS) is 1. The molecule has 0 atom stereocenters. The predicted octanol–water partition coefficient (Wildman–Crippen LogP) is 4.41. The fourth-order valence-corrected chi connectivity index (χ4v) is 2.51. The summed E-state index contributed by atoms with van der Waals surface area (Å²) in [6.45, 7) is 0.439. The molecule has 1 aromatic carbocycles. The van der Waals surface area contributed by atoms with Crippen molar-refractivity contribution in [3.05, 3.63) is 27.2 Å². The van der Waals surface area contributed by atoms with Gasteiger partial charge in [0.2, 0.25) is 0 Å². The Morgan fingerprint density at radius 1 is 1.05 bits per heavy atom. The summed E-state index contributed by atoms with van der Waals surface area (Å²) in [6.07, 6.45) is 2.16. The highest BCUT2D eigenvalue weighted by molar-refractivity contribution is 6.42. The first-order valence-corrected chi connectivity index (χ1v) is 7.44. The highest BCUT2D eigenvalue weighted by Gasteiger charge is 2.10. The van der Waals surface area contributed by atoms with E-state index >= 15 is 0 Å². The van der Waals surface area contributed by atoms with E-state index in [1.165, 1.54) is 12.1 Å². The van der Waals surface area contributed by atoms with Crippen LogP contribution in [0.4, 0.5) is 10.5 Å². The molecule has 21 heavy (non-hydrogen) atoms. The molecule has 0 spiro atoms. The Labute approximate surface area is 137 Å². The summed E-state index contributed by atoms with van der Waals surface area (Å²) >= 11 is 17.7. The van der Waals surface area contributed by atoms with E-state index in [2.05, 4.69) is 10.6 Å². The van der Waals surface area contributed by atoms with Gasteiger partial charge in [-0.25, -0.2) is 4.79 Å². The molecule has 1 rings (SSSR count). The van der Waals surface area contributed by atoms with Gasteiger partial charge in [0.05, 0.1) is 15.7 Å². The number of carbonyl (C=O) groups is 2. The number of nitrogens with one attached hydrogen (secondary N) is 2. The van der Waals surface area contributed by atoms with Crippen molar-refractivity contribution in [1.29, 1.82) is 0 Å². The zero-order valence-corrected chi connectivity index (χ0v) is 13.4. The number of hydrogen-bond donors (Lipinski definition) is 3. The minimum Gasteiger partial charge on any atom is -0.481 e. The lowest BCUT2D eigenvalue weighted by molar-refractivity contribution is -0.137. The van der Waals surface area contributed by atoms with E-state index < -0.39 is 12.0 Å². The average molecular weight is 354 g/mol. The number of carboxylic acids is 1. The maximum Gasteiger partial charge on any atom is 0.319 e. The fraction of sp³-hybridized carbons (Fsp3) is 0.385. The number of unbranched alkanes of at least 4 members (excludes halogenated alkanes) is 2. The molecule has 0 aliphatic carbocycles. The number of hydrogen-bond acceptors (Lipinski definition) is 2. The lowest BCUT2D eigenvalue weighted by Crippen LogP contribution is -2.29. The quantitative estimate of drug-likeness (QED) is 0.635. The van der Waals surface area contributed by atoms with Crippen LogP contribution < -0.4 is 10.6 Å². The lowest BCUT2D eigenvalue weighted by Gasteiger charge is -2.11. The predicted molar refractivity (Wildman–Crippen MR) is 84.6 cm³/mol. The molecule has 0 radical (unpaired) electrons. The standard InChI is InChI=1S/C13H15Cl3N2O3/c14-8-6-9(15)12(10(16)7-8)18-13(21)17-5-3-1-2-4-11(19)20/h6-7H,1-5H2,(H,19,20)(H2,17,18,21). The highest BCUT2D eigenvalue weighted by atomic mass is 35.5. The number of aliphatic carboxylic acids is 1. The smallest absolute Gasteiger partial charge is 0.319 e. The first-order valence-electron chi connectivity index (χ1n) is 6.31. The molecule has 0 bridgehead atoms. The Morgan fingerprint density at radius 3 is 2.24 bits per heavy atom. The van der Waals surface area contributed by atoms with E-state index in [4.69, 9.17) is 39.9 Å². The number of urea groups is 1. The Bertz CT molecular complexity index is 500. The highest BCUT2D eigenvalue weighted by Crippen LogP contribution is 2.33. The molecule has 0 aliphatic heterocycles. The van der Waals surface area contributed by atoms with Crippen LogP contribution in [0, 0.1) is 0 Å². The Morgan fingerprint density at radius 2 is 1.67 bits per heavy atom. The normalized spacial score (nSPS) is 10.2. The largest absolute Gasteiger partial charge is 0.481 e. The minimum absolute atomic E-state index is 0.141. The number of amides is 2. The van der Waals surface area contributed by atoms with Gasteiger partial charge in [-0.05, 0) is 25.0 Å². The van der Waals surface area contributed by atoms with Crippen LogP contribution in [0.5, 0.6) is 0 Å². The van der Waals surface area contributed by atoms with E-state index in [1.54, 1.807) is 0 Å². The maximum absolute atomic E-state index is 11.7. The minimum atomic E-state index is -0.812. The molecule has 0 fully saturated rings. The van der Waals surface area contributed by atoms with Gasteiger partial charge in [0.25, 0.3) is 0 Å². The van der Waals surface area contributed by atoms with Crippen LogP contribution in [-0.4, -0.2) is 23.7 Å². The molecule has 1 aromatic rings. The molecule has 3 N–H and O–H groups in total. The summed E-state index contributed by atoms with van der Waals surface area (Å²) in [5.41, 5.74) is 0.297. The Balaban J connectivity index is 2.33. The summed E-state index contributed by atoms with van der Waals surface area (Å²) in [6, 6.07) is 2.53. The molecular formula is C13H15Cl3N2O3. The Kier molecular flexibility index (Phi) is 7.64. The van der Waals surface area contributed by atoms with Gasteiger partial charge in [0.15, 0.2) is 0 Å². The number of anilines is 1. The molecule has 0 unspecified atom stereocenters. The van der Waals surface area contributed by atoms with Crippen LogP contribution in [0.1, 0.15) is 25.7 Å². The van der Waals surface area contributed by atoms with Crippen LogP contribution in [-0.2, 0) is 4.79 Å². The van der Waals surface area contributed by atoms with Gasteiger partial charge in [-0.15, -0.1) is 0 Å². The molecule has 0 saturated carbocycles. The van der Waals surface area contributed by atoms with Crippen molar-refractivity contribution in [2.75, 3.05) is 11.9 Å². The van der Waals surface area contributed by atoms with Crippen LogP contribution in [0.25, 0.3) is 0 Å². The second-order valence-corrected chi connectivity index (χ2v) is 5.58. The van der Waals surface area contributed by atoms with Gasteiger partial charge >= 0.3 is 12.0 Å². The molecule has 0 saturated heterocycles. The van der Waals surface area contributed by atoms with Crippen LogP contribution in [0.15, 0.2) is 12.1 Å². The van der Waals surface area contributed by atoms with Crippen molar-refractivity contribution in [2.45, 2.75) is 25.7 Å². The van der Waals surface area contributed by atoms with Crippen molar-refractivity contribution >= 4 is 52.5 Å². The van der Waals surface area contributed by atoms with Crippen LogP contribution >= 0.6 is 34.8 Å². The zero-order valence-electron chi connectivity index (χ0n) is 11.1. The van der Waals surface area contributed by atoms with Gasteiger partial charge < -0.3 is 15.7 Å². The molecule has 0 aromatic heterocycles. The molecule has 5 nitrogen and oxygen atoms in total. The Hall–Kier alpha value is -1.17. The van der Waals surface area contributed by atoms with Gasteiger partial charge in [-0.1, -0.05) is 41.2 Å². The number of benzene rings is 1. The monoisotopic (exact) mass is 352 g/mol. The van der Waals surface area contributed by atoms with Crippen molar-refractivity contribution in [3.63, 3.8) is 0 Å². The second kappa shape index (κ2) is 8.97. The third-order valence-corrected chi connectivity index (χ3v) is 3.41. The summed E-state index contributed by atoms with van der Waals surface area (Å²) in [5.74, 6) is -0.812. The van der Waals surface area contributed by atoms with Crippen LogP contribution in [0.3, 0.4) is 0 Å². The number of halogens is 3. The summed E-state index contributed by atoms with van der Waals surface area (Å²) < 4.78 is 0. The zero-order chi connectivity index (χ0) is 15.8. The molecule has 0 heterocycles. The van der Waals surface area contributed by atoms with Crippen molar-refractivity contribution in [1.82, 2.24) is 5.32 Å². The van der Waals surface area contributed by atoms with Gasteiger partial charge in [-0.2, -0.15) is 0 Å². The molecule has 116 valence electrons. The van der Waals surface area contributed by atoms with Gasteiger partial charge in [0, 0.05) is 18.0 Å². The third-order valence-electron chi connectivity index (χ3n) is 2.60. The summed E-state index contributed by atoms with van der Waals surface area (Å²) in [4.78, 5) is 22.0. The maximum atomic E-state index is 11.7. The van der Waals surface area contributed by atoms with Gasteiger partial charge in [0.1, 0.15) is 0 Å². The van der Waals surface area contributed by atoms with Crippen LogP contribution in [0.2, 0.25) is 15.1 Å². The number of rotatable bonds is 7. The second-order valence-electron chi connectivity index (χ2n) is 4.33. The summed E-state index contributed by atoms with van der Waals surface area (Å²) in [5, 5.41) is 14.6. The van der Waals surface area contributed by atoms with E-state index in [1.807, 2.05) is 0 Å². The topological polar surface area (TPSA) is 78.4 Å². The van der Waals surface area contributed by atoms with Crippen molar-refractivity contribution in [2.24, 2.45) is 0 Å². The van der Waals surface area contributed by atoms with Gasteiger partial charge in [-0.3, -0.25) is 4.79 Å². The average Bonchev–Trinajstić information content (AvgIpc) is 2.37. The summed E-state index contributed by atoms with van der Waals surface area (Å²) in [7, 11) is 0.